The van der Waals surface area contributed by atoms with Crippen LogP contribution in [0.5, 0.6) is 0 Å². The Hall–Kier alpha value is -2.01. The van der Waals surface area contributed by atoms with Crippen LogP contribution in [0.25, 0.3) is 0 Å². The number of benzene rings is 1. The second-order valence-electron chi connectivity index (χ2n) is 4.34. The van der Waals surface area contributed by atoms with Gasteiger partial charge in [-0.25, -0.2) is 22.5 Å². The highest BCUT2D eigenvalue weighted by Crippen LogP contribution is 2.26. The van der Waals surface area contributed by atoms with Gasteiger partial charge in [0.05, 0.1) is 10.9 Å². The van der Waals surface area contributed by atoms with E-state index in [1.807, 2.05) is 5.10 Å². The number of alkyl halides is 3. The third kappa shape index (κ3) is 3.60. The standard InChI is InChI=1S/C11H10F4N4O2S/c1-6(9-16-10(18-17-9)11(13,14)15)19-22(20,21)8-4-2-3-7(12)5-8/h2-6,19H,1H3,(H,16,17,18). The monoisotopic (exact) mass is 338 g/mol. The van der Waals surface area contributed by atoms with Crippen molar-refractivity contribution in [3.8, 4) is 0 Å². The van der Waals surface area contributed by atoms with E-state index in [-0.39, 0.29) is 10.7 Å². The van der Waals surface area contributed by atoms with E-state index in [1.54, 1.807) is 0 Å². The fourth-order valence-corrected chi connectivity index (χ4v) is 2.82. The summed E-state index contributed by atoms with van der Waals surface area (Å²) < 4.78 is 76.3. The van der Waals surface area contributed by atoms with Crippen molar-refractivity contribution in [2.24, 2.45) is 0 Å². The van der Waals surface area contributed by atoms with Crippen LogP contribution >= 0.6 is 0 Å². The van der Waals surface area contributed by atoms with Crippen LogP contribution in [0, 0.1) is 5.82 Å². The van der Waals surface area contributed by atoms with Gasteiger partial charge in [0.1, 0.15) is 11.6 Å². The van der Waals surface area contributed by atoms with Crippen LogP contribution in [0.2, 0.25) is 0 Å². The van der Waals surface area contributed by atoms with E-state index in [2.05, 4.69) is 14.8 Å². The number of aromatic nitrogens is 3. The Morgan fingerprint density at radius 2 is 2.00 bits per heavy atom. The quantitative estimate of drug-likeness (QED) is 0.835. The van der Waals surface area contributed by atoms with Gasteiger partial charge >= 0.3 is 6.18 Å². The largest absolute Gasteiger partial charge is 0.453 e. The lowest BCUT2D eigenvalue weighted by atomic mass is 10.3. The molecule has 120 valence electrons. The first-order valence-electron chi connectivity index (χ1n) is 5.87. The Morgan fingerprint density at radius 3 is 2.55 bits per heavy atom. The highest BCUT2D eigenvalue weighted by molar-refractivity contribution is 7.89. The van der Waals surface area contributed by atoms with E-state index in [0.29, 0.717) is 0 Å². The number of halogens is 4. The number of rotatable bonds is 4. The van der Waals surface area contributed by atoms with Gasteiger partial charge in [-0.1, -0.05) is 6.07 Å². The summed E-state index contributed by atoms with van der Waals surface area (Å²) in [5.74, 6) is -2.47. The molecule has 0 fully saturated rings. The minimum atomic E-state index is -4.74. The molecule has 0 aliphatic rings. The number of nitrogens with one attached hydrogen (secondary N) is 2. The number of sulfonamides is 1. The van der Waals surface area contributed by atoms with Crippen molar-refractivity contribution in [2.75, 3.05) is 0 Å². The van der Waals surface area contributed by atoms with Gasteiger partial charge in [0.2, 0.25) is 10.0 Å². The van der Waals surface area contributed by atoms with Gasteiger partial charge in [-0.15, -0.1) is 5.10 Å². The Kier molecular flexibility index (Phi) is 4.20. The fraction of sp³-hybridized carbons (Fsp3) is 0.273. The second-order valence-corrected chi connectivity index (χ2v) is 6.06. The van der Waals surface area contributed by atoms with Crippen LogP contribution < -0.4 is 4.72 Å². The summed E-state index contributed by atoms with van der Waals surface area (Å²) in [5.41, 5.74) is 0. The molecule has 11 heteroatoms. The molecule has 0 aliphatic heterocycles. The number of hydrogen-bond acceptors (Lipinski definition) is 4. The summed E-state index contributed by atoms with van der Waals surface area (Å²) in [4.78, 5) is 2.83. The molecule has 2 aromatic rings. The van der Waals surface area contributed by atoms with Crippen molar-refractivity contribution >= 4 is 10.0 Å². The minimum absolute atomic E-state index is 0.313. The Labute approximate surface area is 122 Å². The Balaban J connectivity index is 2.21. The van der Waals surface area contributed by atoms with Gasteiger partial charge in [0.25, 0.3) is 5.82 Å². The molecule has 22 heavy (non-hydrogen) atoms. The van der Waals surface area contributed by atoms with E-state index >= 15 is 0 Å². The molecule has 0 saturated carbocycles. The van der Waals surface area contributed by atoms with Crippen LogP contribution in [0.15, 0.2) is 29.2 Å². The van der Waals surface area contributed by atoms with Crippen LogP contribution in [0.1, 0.15) is 24.6 Å². The third-order valence-corrected chi connectivity index (χ3v) is 4.14. The maximum absolute atomic E-state index is 13.0. The molecule has 0 amide bonds. The normalized spacial score (nSPS) is 14.0. The molecular formula is C11H10F4N4O2S. The van der Waals surface area contributed by atoms with Crippen LogP contribution in [-0.2, 0) is 16.2 Å². The first-order chi connectivity index (χ1) is 10.1. The smallest absolute Gasteiger partial charge is 0.261 e. The topological polar surface area (TPSA) is 87.7 Å². The average molecular weight is 338 g/mol. The zero-order valence-electron chi connectivity index (χ0n) is 11.0. The summed E-state index contributed by atoms with van der Waals surface area (Å²) >= 11 is 0. The zero-order valence-corrected chi connectivity index (χ0v) is 11.8. The molecule has 1 aromatic carbocycles. The lowest BCUT2D eigenvalue weighted by molar-refractivity contribution is -0.144. The van der Waals surface area contributed by atoms with Crippen LogP contribution in [0.3, 0.4) is 0 Å². The highest BCUT2D eigenvalue weighted by atomic mass is 32.2. The summed E-state index contributed by atoms with van der Waals surface area (Å²) in [5, 5.41) is 4.98. The van der Waals surface area contributed by atoms with Gasteiger partial charge in [0.15, 0.2) is 0 Å². The molecule has 1 aromatic heterocycles. The van der Waals surface area contributed by atoms with Crippen LogP contribution in [-0.4, -0.2) is 23.6 Å². The summed E-state index contributed by atoms with van der Waals surface area (Å²) in [6, 6.07) is 3.09. The summed E-state index contributed by atoms with van der Waals surface area (Å²) in [7, 11) is -4.12. The third-order valence-electron chi connectivity index (χ3n) is 2.60. The van der Waals surface area contributed by atoms with Gasteiger partial charge in [-0.3, -0.25) is 5.10 Å². The van der Waals surface area contributed by atoms with Gasteiger partial charge < -0.3 is 0 Å². The molecule has 2 rings (SSSR count). The molecule has 0 saturated heterocycles. The first kappa shape index (κ1) is 16.4. The fourth-order valence-electron chi connectivity index (χ4n) is 1.59. The maximum atomic E-state index is 13.0. The highest BCUT2D eigenvalue weighted by Gasteiger charge is 2.36. The molecule has 0 bridgehead atoms. The molecule has 1 unspecified atom stereocenters. The van der Waals surface area contributed by atoms with E-state index < -0.39 is 33.9 Å². The molecule has 1 atom stereocenters. The van der Waals surface area contributed by atoms with Crippen molar-refractivity contribution in [3.05, 3.63) is 41.7 Å². The van der Waals surface area contributed by atoms with Gasteiger partial charge in [-0.05, 0) is 25.1 Å². The number of H-pyrrole nitrogens is 1. The minimum Gasteiger partial charge on any atom is -0.261 e. The van der Waals surface area contributed by atoms with Gasteiger partial charge in [0, 0.05) is 0 Å². The average Bonchev–Trinajstić information content (AvgIpc) is 2.87. The van der Waals surface area contributed by atoms with Gasteiger partial charge in [-0.2, -0.15) is 13.2 Å². The number of hydrogen-bond donors (Lipinski definition) is 2. The first-order valence-corrected chi connectivity index (χ1v) is 7.35. The van der Waals surface area contributed by atoms with Crippen molar-refractivity contribution < 1.29 is 26.0 Å². The molecule has 0 radical (unpaired) electrons. The van der Waals surface area contributed by atoms with Crippen molar-refractivity contribution in [1.29, 1.82) is 0 Å². The second kappa shape index (κ2) is 5.65. The molecule has 1 heterocycles. The lowest BCUT2D eigenvalue weighted by Gasteiger charge is -2.11. The predicted octanol–water partition coefficient (Wildman–Crippen LogP) is 2.00. The van der Waals surface area contributed by atoms with E-state index in [9.17, 15) is 26.0 Å². The molecule has 0 aliphatic carbocycles. The van der Waals surface area contributed by atoms with Crippen molar-refractivity contribution in [2.45, 2.75) is 24.0 Å². The predicted molar refractivity (Wildman–Crippen MR) is 66.5 cm³/mol. The van der Waals surface area contributed by atoms with E-state index in [0.717, 1.165) is 18.2 Å². The van der Waals surface area contributed by atoms with E-state index in [1.165, 1.54) is 13.0 Å². The lowest BCUT2D eigenvalue weighted by Crippen LogP contribution is -2.27. The number of nitrogens with zero attached hydrogens (tertiary/aromatic N) is 2. The molecular weight excluding hydrogens is 328 g/mol. The molecule has 2 N–H and O–H groups in total. The van der Waals surface area contributed by atoms with Crippen molar-refractivity contribution in [3.63, 3.8) is 0 Å². The Bertz CT molecular complexity index is 772. The Morgan fingerprint density at radius 1 is 1.32 bits per heavy atom. The summed E-state index contributed by atoms with van der Waals surface area (Å²) in [6.45, 7) is 1.28. The summed E-state index contributed by atoms with van der Waals surface area (Å²) in [6.07, 6.45) is -4.74. The van der Waals surface area contributed by atoms with Crippen LogP contribution in [0.4, 0.5) is 17.6 Å². The maximum Gasteiger partial charge on any atom is 0.453 e. The molecule has 0 spiro atoms. The van der Waals surface area contributed by atoms with E-state index in [4.69, 9.17) is 0 Å². The molecule has 6 nitrogen and oxygen atoms in total. The van der Waals surface area contributed by atoms with Crippen molar-refractivity contribution in [1.82, 2.24) is 19.9 Å². The SMILES string of the molecule is CC(NS(=O)(=O)c1cccc(F)c1)c1nc(C(F)(F)F)n[nH]1. The zero-order chi connectivity index (χ0) is 16.5. The number of aromatic amines is 1.